The molecule has 1 N–H and O–H groups in total. The fourth-order valence-electron chi connectivity index (χ4n) is 3.92. The molecule has 118 valence electrons. The summed E-state index contributed by atoms with van der Waals surface area (Å²) in [4.78, 5) is 14.7. The third-order valence-electron chi connectivity index (χ3n) is 5.22. The van der Waals surface area contributed by atoms with Gasteiger partial charge in [-0.15, -0.1) is 0 Å². The topological polar surface area (TPSA) is 59.0 Å². The number of aliphatic hydroxyl groups is 1. The average Bonchev–Trinajstić information content (AvgIpc) is 3.06. The van der Waals surface area contributed by atoms with Crippen molar-refractivity contribution < 1.29 is 19.4 Å². The molecule has 1 amide bonds. The molecule has 1 unspecified atom stereocenters. The first kappa shape index (κ1) is 14.2. The van der Waals surface area contributed by atoms with Crippen molar-refractivity contribution in [2.45, 2.75) is 12.2 Å². The van der Waals surface area contributed by atoms with E-state index in [1.54, 1.807) is 0 Å². The first-order valence-electron chi connectivity index (χ1n) is 7.97. The molecule has 1 aromatic rings. The van der Waals surface area contributed by atoms with Gasteiger partial charge < -0.3 is 19.5 Å². The van der Waals surface area contributed by atoms with Crippen LogP contribution in [-0.4, -0.2) is 54.9 Å². The van der Waals surface area contributed by atoms with Crippen molar-refractivity contribution in [1.82, 2.24) is 4.90 Å². The number of amides is 1. The maximum atomic E-state index is 12.8. The highest BCUT2D eigenvalue weighted by Crippen LogP contribution is 2.51. The quantitative estimate of drug-likeness (QED) is 0.899. The zero-order chi connectivity index (χ0) is 15.1. The number of likely N-dealkylation sites (tertiary alicyclic amines) is 1. The number of rotatable bonds is 3. The summed E-state index contributed by atoms with van der Waals surface area (Å²) in [5.41, 5.74) is 0.984. The number of hydrogen-bond donors (Lipinski definition) is 1. The molecule has 2 aliphatic heterocycles. The van der Waals surface area contributed by atoms with Gasteiger partial charge in [0.2, 0.25) is 0 Å². The molecule has 1 saturated carbocycles. The summed E-state index contributed by atoms with van der Waals surface area (Å²) in [5, 5.41) is 9.23. The van der Waals surface area contributed by atoms with Gasteiger partial charge in [0.05, 0.1) is 13.2 Å². The van der Waals surface area contributed by atoms with E-state index in [9.17, 15) is 9.90 Å². The van der Waals surface area contributed by atoms with E-state index in [0.29, 0.717) is 31.0 Å². The van der Waals surface area contributed by atoms with Gasteiger partial charge in [-0.25, -0.2) is 0 Å². The van der Waals surface area contributed by atoms with Gasteiger partial charge >= 0.3 is 0 Å². The summed E-state index contributed by atoms with van der Waals surface area (Å²) < 4.78 is 11.6. The molecule has 5 atom stereocenters. The van der Waals surface area contributed by atoms with Crippen LogP contribution in [0.1, 0.15) is 11.7 Å². The second-order valence-electron chi connectivity index (χ2n) is 6.41. The number of carbonyl (C=O) groups excluding carboxylic acids is 1. The summed E-state index contributed by atoms with van der Waals surface area (Å²) in [6.07, 6.45) is -0.880. The van der Waals surface area contributed by atoms with Crippen molar-refractivity contribution in [3.05, 3.63) is 35.9 Å². The van der Waals surface area contributed by atoms with Crippen LogP contribution in [0.25, 0.3) is 0 Å². The lowest BCUT2D eigenvalue weighted by Crippen LogP contribution is -2.47. The molecule has 0 radical (unpaired) electrons. The molecule has 3 aliphatic rings. The Kier molecular flexibility index (Phi) is 3.64. The molecule has 4 rings (SSSR count). The van der Waals surface area contributed by atoms with E-state index < -0.39 is 6.10 Å². The van der Waals surface area contributed by atoms with Crippen LogP contribution in [0.3, 0.4) is 0 Å². The van der Waals surface area contributed by atoms with E-state index in [1.807, 2.05) is 35.2 Å². The van der Waals surface area contributed by atoms with Crippen LogP contribution in [0.15, 0.2) is 30.3 Å². The molecule has 1 aromatic carbocycles. The predicted molar refractivity (Wildman–Crippen MR) is 79.0 cm³/mol. The number of hydrogen-bond acceptors (Lipinski definition) is 4. The van der Waals surface area contributed by atoms with Crippen LogP contribution in [0.4, 0.5) is 0 Å². The minimum atomic E-state index is -0.554. The molecule has 0 bridgehead atoms. The summed E-state index contributed by atoms with van der Waals surface area (Å²) in [5.74, 6) is 1.39. The number of aliphatic hydroxyl groups excluding tert-OH is 1. The molecular formula is C17H21NO4. The smallest absolute Gasteiger partial charge is 0.254 e. The van der Waals surface area contributed by atoms with Crippen molar-refractivity contribution in [3.63, 3.8) is 0 Å². The van der Waals surface area contributed by atoms with Gasteiger partial charge in [-0.3, -0.25) is 4.79 Å². The van der Waals surface area contributed by atoms with Gasteiger partial charge in [0.1, 0.15) is 6.10 Å². The first-order chi connectivity index (χ1) is 10.8. The Morgan fingerprint density at radius 2 is 1.82 bits per heavy atom. The van der Waals surface area contributed by atoms with Crippen LogP contribution in [-0.2, 0) is 14.3 Å². The van der Waals surface area contributed by atoms with Crippen LogP contribution < -0.4 is 0 Å². The molecule has 0 aromatic heterocycles. The van der Waals surface area contributed by atoms with Gasteiger partial charge in [-0.1, -0.05) is 30.3 Å². The Morgan fingerprint density at radius 3 is 2.50 bits per heavy atom. The lowest BCUT2D eigenvalue weighted by atomic mass is 10.0. The van der Waals surface area contributed by atoms with Crippen molar-refractivity contribution in [2.24, 2.45) is 17.8 Å². The molecule has 5 heteroatoms. The van der Waals surface area contributed by atoms with Crippen LogP contribution in [0.2, 0.25) is 0 Å². The second kappa shape index (κ2) is 5.65. The van der Waals surface area contributed by atoms with Crippen LogP contribution in [0.5, 0.6) is 0 Å². The lowest BCUT2D eigenvalue weighted by molar-refractivity contribution is -0.175. The standard InChI is InChI=1S/C17H21NO4/c19-10-14-12-8-18(9-13(12)14)17(20)16-15(21-6-7-22-16)11-4-2-1-3-5-11/h1-5,12-16,19H,6-10H2/t12-,13+,14?,15-,16-/m1/s1. The molecule has 22 heavy (non-hydrogen) atoms. The largest absolute Gasteiger partial charge is 0.396 e. The molecule has 0 spiro atoms. The van der Waals surface area contributed by atoms with E-state index in [1.165, 1.54) is 0 Å². The number of benzene rings is 1. The maximum absolute atomic E-state index is 12.8. The van der Waals surface area contributed by atoms with Gasteiger partial charge in [-0.05, 0) is 23.3 Å². The van der Waals surface area contributed by atoms with Crippen molar-refractivity contribution >= 4 is 5.91 Å². The minimum Gasteiger partial charge on any atom is -0.396 e. The van der Waals surface area contributed by atoms with Crippen molar-refractivity contribution in [3.8, 4) is 0 Å². The highest BCUT2D eigenvalue weighted by atomic mass is 16.6. The number of ether oxygens (including phenoxy) is 2. The fourth-order valence-corrected chi connectivity index (χ4v) is 3.92. The highest BCUT2D eigenvalue weighted by molar-refractivity contribution is 5.82. The van der Waals surface area contributed by atoms with Crippen LogP contribution in [0, 0.1) is 17.8 Å². The number of carbonyl (C=O) groups is 1. The van der Waals surface area contributed by atoms with Crippen LogP contribution >= 0.6 is 0 Å². The third kappa shape index (κ3) is 2.33. The molecule has 1 aliphatic carbocycles. The van der Waals surface area contributed by atoms with Crippen molar-refractivity contribution in [2.75, 3.05) is 32.9 Å². The number of nitrogens with zero attached hydrogens (tertiary/aromatic N) is 1. The monoisotopic (exact) mass is 303 g/mol. The summed E-state index contributed by atoms with van der Waals surface area (Å²) >= 11 is 0. The molecule has 2 saturated heterocycles. The Hall–Kier alpha value is -1.43. The first-order valence-corrected chi connectivity index (χ1v) is 7.97. The molecular weight excluding hydrogens is 282 g/mol. The van der Waals surface area contributed by atoms with Gasteiger partial charge in [0.25, 0.3) is 5.91 Å². The van der Waals surface area contributed by atoms with Crippen molar-refractivity contribution in [1.29, 1.82) is 0 Å². The Bertz CT molecular complexity index is 537. The normalized spacial score (nSPS) is 37.0. The fraction of sp³-hybridized carbons (Fsp3) is 0.588. The van der Waals surface area contributed by atoms with E-state index in [4.69, 9.17) is 9.47 Å². The molecule has 2 heterocycles. The Balaban J connectivity index is 1.47. The lowest BCUT2D eigenvalue weighted by Gasteiger charge is -2.34. The van der Waals surface area contributed by atoms with E-state index >= 15 is 0 Å². The van der Waals surface area contributed by atoms with E-state index in [-0.39, 0.29) is 18.6 Å². The van der Waals surface area contributed by atoms with Gasteiger partial charge in [-0.2, -0.15) is 0 Å². The summed E-state index contributed by atoms with van der Waals surface area (Å²) in [7, 11) is 0. The number of fused-ring (bicyclic) bond motifs is 1. The number of piperidine rings is 1. The third-order valence-corrected chi connectivity index (χ3v) is 5.22. The predicted octanol–water partition coefficient (Wildman–Crippen LogP) is 0.840. The maximum Gasteiger partial charge on any atom is 0.254 e. The average molecular weight is 303 g/mol. The second-order valence-corrected chi connectivity index (χ2v) is 6.41. The Morgan fingerprint density at radius 1 is 1.14 bits per heavy atom. The highest BCUT2D eigenvalue weighted by Gasteiger charge is 2.57. The molecule has 3 fully saturated rings. The van der Waals surface area contributed by atoms with Gasteiger partial charge in [0.15, 0.2) is 6.10 Å². The summed E-state index contributed by atoms with van der Waals surface area (Å²) in [6.45, 7) is 2.71. The van der Waals surface area contributed by atoms with E-state index in [2.05, 4.69) is 0 Å². The Labute approximate surface area is 129 Å². The van der Waals surface area contributed by atoms with E-state index in [0.717, 1.165) is 18.7 Å². The minimum absolute atomic E-state index is 0.0254. The zero-order valence-electron chi connectivity index (χ0n) is 12.4. The SMILES string of the molecule is O=C([C@@H]1OCCO[C@@H]1c1ccccc1)N1C[C@@H]2C(CO)[C@@H]2C1. The van der Waals surface area contributed by atoms with Gasteiger partial charge in [0, 0.05) is 19.7 Å². The zero-order valence-corrected chi connectivity index (χ0v) is 12.4. The summed E-state index contributed by atoms with van der Waals surface area (Å²) in [6, 6.07) is 9.80. The molecule has 5 nitrogen and oxygen atoms in total.